The number of fused-ring (bicyclic) bond motifs is 1. The minimum absolute atomic E-state index is 0.0877. The molecule has 0 bridgehead atoms. The predicted octanol–water partition coefficient (Wildman–Crippen LogP) is 0.779. The Kier molecular flexibility index (Phi) is 4.20. The normalized spacial score (nSPS) is 18.1. The van der Waals surface area contributed by atoms with Crippen molar-refractivity contribution in [1.82, 2.24) is 16.3 Å². The molecule has 1 atom stereocenters. The summed E-state index contributed by atoms with van der Waals surface area (Å²) >= 11 is 0. The van der Waals surface area contributed by atoms with Gasteiger partial charge in [0.1, 0.15) is 11.8 Å². The number of rotatable bonds is 3. The van der Waals surface area contributed by atoms with Crippen LogP contribution in [-0.2, 0) is 9.59 Å². The van der Waals surface area contributed by atoms with Gasteiger partial charge in [-0.3, -0.25) is 15.0 Å². The van der Waals surface area contributed by atoms with E-state index in [9.17, 15) is 14.7 Å². The van der Waals surface area contributed by atoms with Crippen LogP contribution < -0.4 is 16.3 Å². The zero-order valence-corrected chi connectivity index (χ0v) is 12.2. The number of hydrogen-bond donors (Lipinski definition) is 4. The molecule has 7 heteroatoms. The Labute approximate surface area is 132 Å². The topological polar surface area (TPSA) is 103 Å². The van der Waals surface area contributed by atoms with E-state index in [0.717, 1.165) is 10.8 Å². The molecule has 23 heavy (non-hydrogen) atoms. The number of hydrogen-bond acceptors (Lipinski definition) is 5. The molecule has 1 saturated heterocycles. The summed E-state index contributed by atoms with van der Waals surface area (Å²) in [6.45, 7) is 0. The number of hydrazone groups is 1. The van der Waals surface area contributed by atoms with Crippen LogP contribution in [0.5, 0.6) is 5.75 Å². The van der Waals surface area contributed by atoms with Gasteiger partial charge in [-0.05, 0) is 23.3 Å². The lowest BCUT2D eigenvalue weighted by Gasteiger charge is -2.21. The number of nitrogens with one attached hydrogen (secondary N) is 3. The largest absolute Gasteiger partial charge is 0.507 e. The number of hydrazine groups is 1. The molecule has 118 valence electrons. The van der Waals surface area contributed by atoms with E-state index in [2.05, 4.69) is 21.4 Å². The molecule has 1 heterocycles. The monoisotopic (exact) mass is 312 g/mol. The van der Waals surface area contributed by atoms with Crippen LogP contribution in [0.2, 0.25) is 0 Å². The van der Waals surface area contributed by atoms with Gasteiger partial charge in [0.15, 0.2) is 0 Å². The minimum atomic E-state index is -0.522. The minimum Gasteiger partial charge on any atom is -0.507 e. The molecule has 0 spiro atoms. The molecule has 0 aromatic heterocycles. The van der Waals surface area contributed by atoms with Crippen molar-refractivity contribution in [3.63, 3.8) is 0 Å². The first-order valence-electron chi connectivity index (χ1n) is 7.23. The lowest BCUT2D eigenvalue weighted by molar-refractivity contribution is -0.128. The standard InChI is InChI=1S/C16H16N4O3/c21-14-7-5-10-3-1-2-4-11(10)12(14)9-17-20-16(23)13-6-8-15(22)19-18-13/h1-5,7,9,13,18,21H,6,8H2,(H,19,22)(H,20,23)/b17-9+. The smallest absolute Gasteiger partial charge is 0.259 e. The van der Waals surface area contributed by atoms with Crippen molar-refractivity contribution in [3.05, 3.63) is 42.0 Å². The van der Waals surface area contributed by atoms with Crippen molar-refractivity contribution in [2.45, 2.75) is 18.9 Å². The molecule has 0 saturated carbocycles. The van der Waals surface area contributed by atoms with Crippen LogP contribution in [0.1, 0.15) is 18.4 Å². The first kappa shape index (κ1) is 15.0. The molecule has 1 unspecified atom stereocenters. The van der Waals surface area contributed by atoms with Crippen molar-refractivity contribution in [1.29, 1.82) is 0 Å². The predicted molar refractivity (Wildman–Crippen MR) is 85.6 cm³/mol. The van der Waals surface area contributed by atoms with Crippen molar-refractivity contribution in [3.8, 4) is 5.75 Å². The zero-order valence-electron chi connectivity index (χ0n) is 12.2. The number of carbonyl (C=O) groups is 2. The highest BCUT2D eigenvalue weighted by Gasteiger charge is 2.23. The van der Waals surface area contributed by atoms with Gasteiger partial charge in [-0.2, -0.15) is 5.10 Å². The van der Waals surface area contributed by atoms with Gasteiger partial charge in [0, 0.05) is 12.0 Å². The second kappa shape index (κ2) is 6.45. The molecular weight excluding hydrogens is 296 g/mol. The summed E-state index contributed by atoms with van der Waals surface area (Å²) < 4.78 is 0. The van der Waals surface area contributed by atoms with Crippen LogP contribution in [0.15, 0.2) is 41.5 Å². The van der Waals surface area contributed by atoms with E-state index < -0.39 is 6.04 Å². The maximum Gasteiger partial charge on any atom is 0.259 e. The third kappa shape index (κ3) is 3.29. The van der Waals surface area contributed by atoms with E-state index in [1.165, 1.54) is 6.21 Å². The molecule has 2 aromatic rings. The van der Waals surface area contributed by atoms with Crippen LogP contribution in [0, 0.1) is 0 Å². The Morgan fingerprint density at radius 3 is 2.91 bits per heavy atom. The van der Waals surface area contributed by atoms with Crippen molar-refractivity contribution in [2.75, 3.05) is 0 Å². The lowest BCUT2D eigenvalue weighted by atomic mass is 10.0. The molecule has 2 aromatic carbocycles. The highest BCUT2D eigenvalue weighted by Crippen LogP contribution is 2.25. The molecule has 0 radical (unpaired) electrons. The fourth-order valence-electron chi connectivity index (χ4n) is 2.43. The highest BCUT2D eigenvalue weighted by atomic mass is 16.3. The second-order valence-corrected chi connectivity index (χ2v) is 5.24. The van der Waals surface area contributed by atoms with Gasteiger partial charge in [-0.15, -0.1) is 0 Å². The van der Waals surface area contributed by atoms with Crippen LogP contribution in [-0.4, -0.2) is 29.2 Å². The van der Waals surface area contributed by atoms with Gasteiger partial charge >= 0.3 is 0 Å². The van der Waals surface area contributed by atoms with Gasteiger partial charge in [0.05, 0.1) is 6.21 Å². The van der Waals surface area contributed by atoms with Gasteiger partial charge < -0.3 is 5.11 Å². The van der Waals surface area contributed by atoms with Crippen molar-refractivity contribution in [2.24, 2.45) is 5.10 Å². The average molecular weight is 312 g/mol. The Morgan fingerprint density at radius 2 is 2.13 bits per heavy atom. The molecule has 4 N–H and O–H groups in total. The highest BCUT2D eigenvalue weighted by molar-refractivity contribution is 6.02. The summed E-state index contributed by atoms with van der Waals surface area (Å²) in [5, 5.41) is 15.7. The van der Waals surface area contributed by atoms with E-state index in [4.69, 9.17) is 0 Å². The molecule has 2 amide bonds. The third-order valence-electron chi connectivity index (χ3n) is 3.68. The second-order valence-electron chi connectivity index (χ2n) is 5.24. The summed E-state index contributed by atoms with van der Waals surface area (Å²) in [4.78, 5) is 23.0. The first-order chi connectivity index (χ1) is 11.1. The number of aromatic hydroxyl groups is 1. The maximum absolute atomic E-state index is 11.9. The summed E-state index contributed by atoms with van der Waals surface area (Å²) in [6, 6.07) is 10.5. The third-order valence-corrected chi connectivity index (χ3v) is 3.68. The van der Waals surface area contributed by atoms with Gasteiger partial charge in [-0.1, -0.05) is 30.3 Å². The Balaban J connectivity index is 1.72. The summed E-state index contributed by atoms with van der Waals surface area (Å²) in [6.07, 6.45) is 2.11. The molecule has 1 fully saturated rings. The van der Waals surface area contributed by atoms with Crippen molar-refractivity contribution < 1.29 is 14.7 Å². The van der Waals surface area contributed by atoms with Crippen molar-refractivity contribution >= 4 is 28.8 Å². The molecule has 0 aliphatic carbocycles. The average Bonchev–Trinajstić information content (AvgIpc) is 2.57. The van der Waals surface area contributed by atoms with Gasteiger partial charge in [-0.25, -0.2) is 10.9 Å². The number of carbonyl (C=O) groups excluding carboxylic acids is 2. The number of nitrogens with zero attached hydrogens (tertiary/aromatic N) is 1. The van der Waals surface area contributed by atoms with Crippen LogP contribution in [0.25, 0.3) is 10.8 Å². The van der Waals surface area contributed by atoms with Crippen LogP contribution in [0.4, 0.5) is 0 Å². The fraction of sp³-hybridized carbons (Fsp3) is 0.188. The molecule has 3 rings (SSSR count). The van der Waals surface area contributed by atoms with E-state index in [0.29, 0.717) is 18.4 Å². The van der Waals surface area contributed by atoms with Crippen LogP contribution >= 0.6 is 0 Å². The SMILES string of the molecule is O=C1CCC(C(=O)N/N=C/c2c(O)ccc3ccccc23)NN1. The maximum atomic E-state index is 11.9. The number of phenols is 1. The summed E-state index contributed by atoms with van der Waals surface area (Å²) in [5.41, 5.74) is 7.98. The Morgan fingerprint density at radius 1 is 1.30 bits per heavy atom. The number of amides is 2. The lowest BCUT2D eigenvalue weighted by Crippen LogP contribution is -2.54. The van der Waals surface area contributed by atoms with E-state index in [-0.39, 0.29) is 17.6 Å². The van der Waals surface area contributed by atoms with E-state index >= 15 is 0 Å². The Bertz CT molecular complexity index is 778. The number of phenolic OH excluding ortho intramolecular Hbond substituents is 1. The first-order valence-corrected chi connectivity index (χ1v) is 7.23. The summed E-state index contributed by atoms with van der Waals surface area (Å²) in [7, 11) is 0. The Hall–Kier alpha value is -2.93. The van der Waals surface area contributed by atoms with Gasteiger partial charge in [0.2, 0.25) is 5.91 Å². The molecule has 1 aliphatic rings. The van der Waals surface area contributed by atoms with E-state index in [1.807, 2.05) is 30.3 Å². The zero-order chi connectivity index (χ0) is 16.2. The molecule has 1 aliphatic heterocycles. The summed E-state index contributed by atoms with van der Waals surface area (Å²) in [5.74, 6) is -0.399. The quantitative estimate of drug-likeness (QED) is 0.497. The molecular formula is C16H16N4O3. The van der Waals surface area contributed by atoms with E-state index in [1.54, 1.807) is 6.07 Å². The fourth-order valence-corrected chi connectivity index (χ4v) is 2.43. The number of benzene rings is 2. The molecule has 7 nitrogen and oxygen atoms in total. The van der Waals surface area contributed by atoms with Crippen LogP contribution in [0.3, 0.4) is 0 Å². The van der Waals surface area contributed by atoms with Gasteiger partial charge in [0.25, 0.3) is 5.91 Å².